The Hall–Kier alpha value is -0.370. The van der Waals surface area contributed by atoms with Crippen molar-refractivity contribution >= 4 is 10.4 Å². The van der Waals surface area contributed by atoms with E-state index in [1.165, 1.54) is 11.1 Å². The van der Waals surface area contributed by atoms with Crippen LogP contribution in [0.3, 0.4) is 0 Å². The van der Waals surface area contributed by atoms with Crippen LogP contribution in [0, 0.1) is 11.3 Å². The minimum absolute atomic E-state index is 0. The van der Waals surface area contributed by atoms with Gasteiger partial charge in [-0.2, -0.15) is 8.42 Å². The summed E-state index contributed by atoms with van der Waals surface area (Å²) in [6.45, 7) is 2.15. The molecule has 130 valence electrons. The zero-order valence-corrected chi connectivity index (χ0v) is 17.4. The molecule has 2 fully saturated rings. The summed E-state index contributed by atoms with van der Waals surface area (Å²) >= 11 is 0. The summed E-state index contributed by atoms with van der Waals surface area (Å²) in [6, 6.07) is 5.18. The topological polar surface area (TPSA) is 86.7 Å². The third-order valence-corrected chi connectivity index (χ3v) is 6.68. The van der Waals surface area contributed by atoms with E-state index in [2.05, 4.69) is 17.2 Å². The zero-order valence-electron chi connectivity index (χ0n) is 14.6. The molecule has 0 aliphatic heterocycles. The van der Waals surface area contributed by atoms with Crippen LogP contribution in [-0.2, 0) is 16.8 Å². The van der Waals surface area contributed by atoms with E-state index in [0.717, 1.165) is 31.2 Å². The van der Waals surface area contributed by atoms with Gasteiger partial charge < -0.3 is 9.29 Å². The number of rotatable bonds is 2. The smallest absolute Gasteiger partial charge is 0.852 e. The van der Waals surface area contributed by atoms with Gasteiger partial charge in [0, 0.05) is 5.92 Å². The Morgan fingerprint density at radius 3 is 2.76 bits per heavy atom. The van der Waals surface area contributed by atoms with Crippen LogP contribution >= 0.6 is 0 Å². The fourth-order valence-electron chi connectivity index (χ4n) is 5.07. The van der Waals surface area contributed by atoms with E-state index in [4.69, 9.17) is 4.55 Å². The van der Waals surface area contributed by atoms with E-state index in [1.54, 1.807) is 12.1 Å². The normalized spacial score (nSPS) is 33.4. The van der Waals surface area contributed by atoms with Gasteiger partial charge in [-0.05, 0) is 60.3 Å². The van der Waals surface area contributed by atoms with Crippen LogP contribution in [0.5, 0.6) is 5.75 Å². The third kappa shape index (κ3) is 3.33. The molecule has 3 aliphatic rings. The van der Waals surface area contributed by atoms with Crippen molar-refractivity contribution in [2.75, 3.05) is 0 Å². The van der Waals surface area contributed by atoms with Crippen LogP contribution in [0.4, 0.5) is 0 Å². The quantitative estimate of drug-likeness (QED) is 0.425. The Bertz CT molecular complexity index is 819. The summed E-state index contributed by atoms with van der Waals surface area (Å²) in [4.78, 5) is 0. The maximum Gasteiger partial charge on any atom is 1.00 e. The van der Waals surface area contributed by atoms with Gasteiger partial charge in [-0.25, -0.2) is 0 Å². The minimum atomic E-state index is -4.50. The Kier molecular flexibility index (Phi) is 5.17. The number of hydrogen-bond acceptors (Lipinski definition) is 4. The first-order valence-corrected chi connectivity index (χ1v) is 9.80. The summed E-state index contributed by atoms with van der Waals surface area (Å²) in [7, 11) is -4.50. The number of benzene rings is 1. The third-order valence-electron chi connectivity index (χ3n) is 6.27. The van der Waals surface area contributed by atoms with Gasteiger partial charge in [-0.15, -0.1) is 6.10 Å². The molecule has 0 heterocycles. The van der Waals surface area contributed by atoms with Crippen molar-refractivity contribution in [3.63, 3.8) is 0 Å². The van der Waals surface area contributed by atoms with Crippen LogP contribution in [0.1, 0.15) is 49.7 Å². The number of allylic oxidation sites excluding steroid dienone is 2. The van der Waals surface area contributed by atoms with E-state index in [0.29, 0.717) is 18.3 Å². The van der Waals surface area contributed by atoms with Gasteiger partial charge in [0.25, 0.3) is 0 Å². The Morgan fingerprint density at radius 1 is 1.28 bits per heavy atom. The van der Waals surface area contributed by atoms with Gasteiger partial charge in [-0.1, -0.05) is 31.1 Å². The molecule has 4 rings (SSSR count). The molecule has 3 aliphatic carbocycles. The Morgan fingerprint density at radius 2 is 2.04 bits per heavy atom. The SMILES string of the molecule is C[C@]12CCC3C(=CCc4cc(OS(=O)(=O)O)ccc43)C1CC[C@H]2[O-].[Na+]. The van der Waals surface area contributed by atoms with Crippen LogP contribution in [-0.4, -0.2) is 19.1 Å². The first kappa shape index (κ1) is 19.4. The molecule has 2 saturated carbocycles. The van der Waals surface area contributed by atoms with Crippen molar-refractivity contribution in [1.82, 2.24) is 0 Å². The van der Waals surface area contributed by atoms with Gasteiger partial charge in [-0.3, -0.25) is 4.55 Å². The molecule has 0 spiro atoms. The fourth-order valence-corrected chi connectivity index (χ4v) is 5.42. The second-order valence-corrected chi connectivity index (χ2v) is 8.52. The van der Waals surface area contributed by atoms with Crippen LogP contribution in [0.25, 0.3) is 0 Å². The molecule has 4 atom stereocenters. The van der Waals surface area contributed by atoms with Crippen molar-refractivity contribution in [2.45, 2.75) is 51.0 Å². The minimum Gasteiger partial charge on any atom is -0.852 e. The summed E-state index contributed by atoms with van der Waals surface area (Å²) in [5, 5.41) is 12.4. The number of fused-ring (bicyclic) bond motifs is 5. The first-order valence-electron chi connectivity index (χ1n) is 8.43. The molecular formula is C18H21NaO5S. The largest absolute Gasteiger partial charge is 1.00 e. The van der Waals surface area contributed by atoms with Crippen LogP contribution in [0.15, 0.2) is 29.8 Å². The summed E-state index contributed by atoms with van der Waals surface area (Å²) in [5.41, 5.74) is 3.52. The predicted molar refractivity (Wildman–Crippen MR) is 87.0 cm³/mol. The molecule has 1 N–H and O–H groups in total. The Balaban J connectivity index is 0.00000182. The van der Waals surface area contributed by atoms with E-state index in [1.807, 2.05) is 6.07 Å². The molecule has 0 saturated heterocycles. The molecule has 0 amide bonds. The van der Waals surface area contributed by atoms with Gasteiger partial charge in [0.1, 0.15) is 5.75 Å². The molecule has 7 heteroatoms. The molecule has 0 radical (unpaired) electrons. The zero-order chi connectivity index (χ0) is 17.1. The number of hydrogen-bond donors (Lipinski definition) is 1. The maximum atomic E-state index is 12.4. The summed E-state index contributed by atoms with van der Waals surface area (Å²) < 4.78 is 35.2. The van der Waals surface area contributed by atoms with Crippen LogP contribution in [0.2, 0.25) is 0 Å². The fraction of sp³-hybridized carbons (Fsp3) is 0.556. The van der Waals surface area contributed by atoms with E-state index < -0.39 is 16.5 Å². The van der Waals surface area contributed by atoms with Crippen LogP contribution < -0.4 is 38.8 Å². The molecular weight excluding hydrogens is 351 g/mol. The average molecular weight is 372 g/mol. The average Bonchev–Trinajstić information content (AvgIpc) is 2.81. The molecule has 1 aromatic rings. The monoisotopic (exact) mass is 372 g/mol. The molecule has 25 heavy (non-hydrogen) atoms. The van der Waals surface area contributed by atoms with E-state index in [9.17, 15) is 13.5 Å². The van der Waals surface area contributed by atoms with Gasteiger partial charge >= 0.3 is 40.0 Å². The molecule has 1 aromatic carbocycles. The summed E-state index contributed by atoms with van der Waals surface area (Å²) in [5.74, 6) is 0.826. The van der Waals surface area contributed by atoms with Crippen molar-refractivity contribution in [3.8, 4) is 5.75 Å². The molecule has 2 unspecified atom stereocenters. The maximum absolute atomic E-state index is 12.4. The molecule has 0 aromatic heterocycles. The van der Waals surface area contributed by atoms with Crippen molar-refractivity contribution < 1.29 is 51.8 Å². The van der Waals surface area contributed by atoms with Gasteiger partial charge in [0.2, 0.25) is 0 Å². The van der Waals surface area contributed by atoms with Gasteiger partial charge in [0.15, 0.2) is 0 Å². The van der Waals surface area contributed by atoms with Crippen molar-refractivity contribution in [3.05, 3.63) is 41.0 Å². The second kappa shape index (κ2) is 6.66. The molecule has 5 nitrogen and oxygen atoms in total. The van der Waals surface area contributed by atoms with E-state index >= 15 is 0 Å². The molecule has 0 bridgehead atoms. The van der Waals surface area contributed by atoms with Crippen molar-refractivity contribution in [1.29, 1.82) is 0 Å². The van der Waals surface area contributed by atoms with Gasteiger partial charge in [0.05, 0.1) is 0 Å². The second-order valence-electron chi connectivity index (χ2n) is 7.50. The Labute approximate surface area is 170 Å². The standard InChI is InChI=1S/C18H21O5S.Na/c1-18-9-8-14-13-5-3-12(23-24(20,21)22)10-11(13)2-4-15(14)16(18)6-7-17(18)19;/h3-5,10,14,16-17H,2,6-9H2,1H3,(H,20,21,22);/q-1;+1/t14?,16?,17-,18+;/m1./s1. The first-order chi connectivity index (χ1) is 11.3. The van der Waals surface area contributed by atoms with Crippen molar-refractivity contribution in [2.24, 2.45) is 11.3 Å². The predicted octanol–water partition coefficient (Wildman–Crippen LogP) is -0.623. The van der Waals surface area contributed by atoms with E-state index in [-0.39, 0.29) is 40.7 Å². The summed E-state index contributed by atoms with van der Waals surface area (Å²) in [6.07, 6.45) is 6.12.